The molecule has 6 heteroatoms. The van der Waals surface area contributed by atoms with Crippen LogP contribution in [0.4, 0.5) is 8.78 Å². The first-order valence-corrected chi connectivity index (χ1v) is 6.28. The van der Waals surface area contributed by atoms with Crippen molar-refractivity contribution in [1.82, 2.24) is 4.98 Å². The van der Waals surface area contributed by atoms with Crippen LogP contribution in [0.5, 0.6) is 0 Å². The van der Waals surface area contributed by atoms with Gasteiger partial charge in [-0.25, -0.2) is 13.6 Å². The first-order chi connectivity index (χ1) is 10.0. The van der Waals surface area contributed by atoms with Crippen LogP contribution in [-0.4, -0.2) is 10.1 Å². The molecule has 0 bridgehead atoms. The number of aliphatic hydroxyl groups excluding tert-OH is 1. The van der Waals surface area contributed by atoms with E-state index in [1.807, 2.05) is 0 Å². The molecule has 0 saturated heterocycles. The van der Waals surface area contributed by atoms with Gasteiger partial charge in [-0.3, -0.25) is 4.98 Å². The van der Waals surface area contributed by atoms with E-state index in [4.69, 9.17) is 4.42 Å². The van der Waals surface area contributed by atoms with E-state index in [-0.39, 0.29) is 12.0 Å². The molecule has 3 rings (SSSR count). The van der Waals surface area contributed by atoms with E-state index in [0.717, 1.165) is 12.1 Å². The molecule has 3 aromatic rings. The predicted octanol–water partition coefficient (Wildman–Crippen LogP) is 2.68. The molecular formula is C15H11F2NO3. The summed E-state index contributed by atoms with van der Waals surface area (Å²) < 4.78 is 31.3. The SMILES string of the molecule is O=c1[nH]c2ccc(C(O)Cc3ccc(F)cc3F)cc2o1. The van der Waals surface area contributed by atoms with E-state index in [9.17, 15) is 18.7 Å². The van der Waals surface area contributed by atoms with Crippen LogP contribution >= 0.6 is 0 Å². The van der Waals surface area contributed by atoms with Crippen LogP contribution in [0.25, 0.3) is 11.1 Å². The zero-order valence-electron chi connectivity index (χ0n) is 10.8. The van der Waals surface area contributed by atoms with E-state index in [1.165, 1.54) is 12.1 Å². The molecule has 0 aliphatic rings. The van der Waals surface area contributed by atoms with E-state index < -0.39 is 23.5 Å². The van der Waals surface area contributed by atoms with Gasteiger partial charge in [0.25, 0.3) is 0 Å². The van der Waals surface area contributed by atoms with Crippen molar-refractivity contribution in [3.63, 3.8) is 0 Å². The van der Waals surface area contributed by atoms with Crippen molar-refractivity contribution in [2.75, 3.05) is 0 Å². The van der Waals surface area contributed by atoms with Crippen LogP contribution in [0.1, 0.15) is 17.2 Å². The Hall–Kier alpha value is -2.47. The second-order valence-electron chi connectivity index (χ2n) is 4.73. The lowest BCUT2D eigenvalue weighted by molar-refractivity contribution is 0.177. The number of nitrogens with one attached hydrogen (secondary N) is 1. The summed E-state index contributed by atoms with van der Waals surface area (Å²) in [5.41, 5.74) is 1.52. The van der Waals surface area contributed by atoms with E-state index in [0.29, 0.717) is 16.7 Å². The first-order valence-electron chi connectivity index (χ1n) is 6.28. The molecule has 0 aliphatic carbocycles. The molecule has 0 fully saturated rings. The van der Waals surface area contributed by atoms with Crippen molar-refractivity contribution in [2.24, 2.45) is 0 Å². The zero-order chi connectivity index (χ0) is 15.0. The molecule has 0 spiro atoms. The summed E-state index contributed by atoms with van der Waals surface area (Å²) in [6.07, 6.45) is -0.999. The molecule has 0 saturated carbocycles. The lowest BCUT2D eigenvalue weighted by Crippen LogP contribution is -2.03. The van der Waals surface area contributed by atoms with Gasteiger partial charge < -0.3 is 9.52 Å². The van der Waals surface area contributed by atoms with Crippen molar-refractivity contribution in [2.45, 2.75) is 12.5 Å². The topological polar surface area (TPSA) is 66.2 Å². The second-order valence-corrected chi connectivity index (χ2v) is 4.73. The van der Waals surface area contributed by atoms with Crippen LogP contribution in [0.15, 0.2) is 45.6 Å². The Kier molecular flexibility index (Phi) is 3.31. The smallest absolute Gasteiger partial charge is 0.408 e. The van der Waals surface area contributed by atoms with Crippen molar-refractivity contribution >= 4 is 11.1 Å². The molecule has 1 unspecified atom stereocenters. The molecule has 1 aromatic heterocycles. The molecule has 0 radical (unpaired) electrons. The first kappa shape index (κ1) is 13.5. The Morgan fingerprint density at radius 3 is 2.76 bits per heavy atom. The minimum absolute atomic E-state index is 0.00766. The van der Waals surface area contributed by atoms with Crippen LogP contribution in [0, 0.1) is 11.6 Å². The van der Waals surface area contributed by atoms with Crippen LogP contribution in [0.3, 0.4) is 0 Å². The summed E-state index contributed by atoms with van der Waals surface area (Å²) in [6.45, 7) is 0. The molecule has 4 nitrogen and oxygen atoms in total. The number of hydrogen-bond donors (Lipinski definition) is 2. The Morgan fingerprint density at radius 2 is 2.00 bits per heavy atom. The molecule has 1 atom stereocenters. The van der Waals surface area contributed by atoms with E-state index >= 15 is 0 Å². The standard InChI is InChI=1S/C15H11F2NO3/c16-10-3-1-8(11(17)7-10)5-13(19)9-2-4-12-14(6-9)21-15(20)18-12/h1-4,6-7,13,19H,5H2,(H,18,20). The Morgan fingerprint density at radius 1 is 1.19 bits per heavy atom. The van der Waals surface area contributed by atoms with E-state index in [2.05, 4.69) is 4.98 Å². The molecule has 2 aromatic carbocycles. The minimum Gasteiger partial charge on any atom is -0.408 e. The molecule has 108 valence electrons. The van der Waals surface area contributed by atoms with Crippen molar-refractivity contribution in [3.05, 3.63) is 69.7 Å². The van der Waals surface area contributed by atoms with E-state index in [1.54, 1.807) is 12.1 Å². The van der Waals surface area contributed by atoms with Gasteiger partial charge in [0, 0.05) is 12.5 Å². The average Bonchev–Trinajstić information content (AvgIpc) is 2.80. The van der Waals surface area contributed by atoms with Gasteiger partial charge in [0.2, 0.25) is 0 Å². The zero-order valence-corrected chi connectivity index (χ0v) is 10.8. The molecule has 0 amide bonds. The van der Waals surface area contributed by atoms with Crippen LogP contribution in [-0.2, 0) is 6.42 Å². The van der Waals surface area contributed by atoms with Crippen LogP contribution in [0.2, 0.25) is 0 Å². The van der Waals surface area contributed by atoms with Gasteiger partial charge in [0.15, 0.2) is 5.58 Å². The normalized spacial score (nSPS) is 12.7. The van der Waals surface area contributed by atoms with Gasteiger partial charge in [0.05, 0.1) is 11.6 Å². The largest absolute Gasteiger partial charge is 0.417 e. The van der Waals surface area contributed by atoms with Gasteiger partial charge in [-0.15, -0.1) is 0 Å². The summed E-state index contributed by atoms with van der Waals surface area (Å²) in [7, 11) is 0. The summed E-state index contributed by atoms with van der Waals surface area (Å²) in [5, 5.41) is 10.1. The van der Waals surface area contributed by atoms with Gasteiger partial charge in [-0.1, -0.05) is 12.1 Å². The number of rotatable bonds is 3. The molecule has 2 N–H and O–H groups in total. The maximum atomic E-state index is 13.6. The highest BCUT2D eigenvalue weighted by atomic mass is 19.1. The Balaban J connectivity index is 1.89. The summed E-state index contributed by atoms with van der Waals surface area (Å²) in [4.78, 5) is 13.6. The minimum atomic E-state index is -0.991. The van der Waals surface area contributed by atoms with Gasteiger partial charge >= 0.3 is 5.76 Å². The second kappa shape index (κ2) is 5.14. The predicted molar refractivity (Wildman–Crippen MR) is 71.9 cm³/mol. The van der Waals surface area contributed by atoms with Gasteiger partial charge in [-0.05, 0) is 29.3 Å². The summed E-state index contributed by atoms with van der Waals surface area (Å²) >= 11 is 0. The average molecular weight is 291 g/mol. The monoisotopic (exact) mass is 291 g/mol. The third-order valence-electron chi connectivity index (χ3n) is 3.26. The highest BCUT2D eigenvalue weighted by molar-refractivity contribution is 5.72. The fourth-order valence-electron chi connectivity index (χ4n) is 2.18. The number of fused-ring (bicyclic) bond motifs is 1. The number of aromatic nitrogens is 1. The fraction of sp³-hybridized carbons (Fsp3) is 0.133. The quantitative estimate of drug-likeness (QED) is 0.779. The van der Waals surface area contributed by atoms with Crippen molar-refractivity contribution < 1.29 is 18.3 Å². The van der Waals surface area contributed by atoms with Crippen LogP contribution < -0.4 is 5.76 Å². The molecule has 0 aliphatic heterocycles. The van der Waals surface area contributed by atoms with Crippen molar-refractivity contribution in [3.8, 4) is 0 Å². The van der Waals surface area contributed by atoms with Gasteiger partial charge in [-0.2, -0.15) is 0 Å². The number of hydrogen-bond acceptors (Lipinski definition) is 3. The molecule has 1 heterocycles. The number of H-pyrrole nitrogens is 1. The maximum absolute atomic E-state index is 13.6. The molecular weight excluding hydrogens is 280 g/mol. The lowest BCUT2D eigenvalue weighted by atomic mass is 10.0. The highest BCUT2D eigenvalue weighted by Crippen LogP contribution is 2.23. The maximum Gasteiger partial charge on any atom is 0.417 e. The highest BCUT2D eigenvalue weighted by Gasteiger charge is 2.14. The number of aliphatic hydroxyl groups is 1. The molecule has 21 heavy (non-hydrogen) atoms. The third-order valence-corrected chi connectivity index (χ3v) is 3.26. The lowest BCUT2D eigenvalue weighted by Gasteiger charge is -2.11. The number of halogens is 2. The number of benzene rings is 2. The third kappa shape index (κ3) is 2.71. The Labute approximate surface area is 117 Å². The van der Waals surface area contributed by atoms with Gasteiger partial charge in [0.1, 0.15) is 11.6 Å². The fourth-order valence-corrected chi connectivity index (χ4v) is 2.18. The number of aromatic amines is 1. The number of oxazole rings is 1. The Bertz CT molecular complexity index is 853. The summed E-state index contributed by atoms with van der Waals surface area (Å²) in [5.74, 6) is -1.95. The summed E-state index contributed by atoms with van der Waals surface area (Å²) in [6, 6.07) is 7.93. The van der Waals surface area contributed by atoms with Crippen molar-refractivity contribution in [1.29, 1.82) is 0 Å².